The Kier molecular flexibility index (Phi) is 8.63. The van der Waals surface area contributed by atoms with Gasteiger partial charge < -0.3 is 9.88 Å². The molecule has 5 nitrogen and oxygen atoms in total. The molecule has 2 aromatic heterocycles. The number of aliphatic imine (C=N–C) groups is 2. The zero-order chi connectivity index (χ0) is 41.0. The summed E-state index contributed by atoms with van der Waals surface area (Å²) in [5, 5.41) is 7.36. The van der Waals surface area contributed by atoms with Gasteiger partial charge in [-0.3, -0.25) is 4.57 Å². The first-order valence-corrected chi connectivity index (χ1v) is 21.4. The van der Waals surface area contributed by atoms with Crippen LogP contribution in [0.3, 0.4) is 0 Å². The first-order valence-electron chi connectivity index (χ1n) is 21.4. The number of nitrogens with one attached hydrogen (secondary N) is 1. The number of hydrogen-bond donors (Lipinski definition) is 1. The van der Waals surface area contributed by atoms with Gasteiger partial charge in [0, 0.05) is 33.1 Å². The van der Waals surface area contributed by atoms with Gasteiger partial charge >= 0.3 is 0 Å². The van der Waals surface area contributed by atoms with Gasteiger partial charge in [0.1, 0.15) is 12.0 Å². The molecule has 0 spiro atoms. The average Bonchev–Trinajstić information content (AvgIpc) is 3.87. The Bertz CT molecular complexity index is 3410. The topological polar surface area (TPSA) is 46.6 Å². The Morgan fingerprint density at radius 3 is 1.79 bits per heavy atom. The molecule has 10 aromatic rings. The third-order valence-electron chi connectivity index (χ3n) is 12.5. The van der Waals surface area contributed by atoms with E-state index in [0.717, 1.165) is 52.0 Å². The number of hydrogen-bond acceptors (Lipinski definition) is 3. The average molecular weight is 796 g/mol. The zero-order valence-electron chi connectivity index (χ0n) is 34.0. The second-order valence-electron chi connectivity index (χ2n) is 16.2. The number of nitrogens with zero attached hydrogens (tertiary/aromatic N) is 4. The van der Waals surface area contributed by atoms with Crippen molar-refractivity contribution >= 4 is 50.6 Å². The maximum atomic E-state index is 5.35. The van der Waals surface area contributed by atoms with Crippen LogP contribution in [0.4, 0.5) is 0 Å². The molecule has 0 fully saturated rings. The van der Waals surface area contributed by atoms with Gasteiger partial charge in [-0.05, 0) is 112 Å². The van der Waals surface area contributed by atoms with Crippen LogP contribution in [0, 0.1) is 0 Å². The molecule has 5 heteroatoms. The molecule has 1 aliphatic heterocycles. The lowest BCUT2D eigenvalue weighted by molar-refractivity contribution is 0.668. The van der Waals surface area contributed by atoms with Crippen LogP contribution in [-0.2, 0) is 6.42 Å². The summed E-state index contributed by atoms with van der Waals surface area (Å²) in [6, 6.07) is 71.6. The van der Waals surface area contributed by atoms with Gasteiger partial charge in [-0.2, -0.15) is 4.99 Å². The highest BCUT2D eigenvalue weighted by molar-refractivity contribution is 6.18. The fourth-order valence-electron chi connectivity index (χ4n) is 9.46. The molecule has 2 aliphatic rings. The van der Waals surface area contributed by atoms with Gasteiger partial charge in [0.25, 0.3) is 0 Å². The van der Waals surface area contributed by atoms with Crippen LogP contribution in [0.15, 0.2) is 216 Å². The number of aryl methyl sites for hydroxylation is 1. The fraction of sp³-hybridized carbons (Fsp3) is 0.0526. The second-order valence-corrected chi connectivity index (χ2v) is 16.2. The molecule has 1 unspecified atom stereocenters. The van der Waals surface area contributed by atoms with Crippen molar-refractivity contribution in [2.45, 2.75) is 19.0 Å². The number of benzene rings is 8. The molecule has 12 rings (SSSR count). The summed E-state index contributed by atoms with van der Waals surface area (Å²) in [6.45, 7) is 0. The van der Waals surface area contributed by atoms with Crippen molar-refractivity contribution in [3.8, 4) is 39.1 Å². The largest absolute Gasteiger partial charge is 0.344 e. The Labute approximate surface area is 360 Å². The molecule has 0 bridgehead atoms. The molecule has 8 aromatic carbocycles. The quantitative estimate of drug-likeness (QED) is 0.179. The lowest BCUT2D eigenvalue weighted by atomic mass is 9.97. The number of rotatable bonds is 6. The summed E-state index contributed by atoms with van der Waals surface area (Å²) < 4.78 is 4.65. The lowest BCUT2D eigenvalue weighted by Gasteiger charge is -2.24. The monoisotopic (exact) mass is 795 g/mol. The van der Waals surface area contributed by atoms with E-state index in [1.165, 1.54) is 60.9 Å². The summed E-state index contributed by atoms with van der Waals surface area (Å²) in [5.74, 6) is 1.43. The van der Waals surface area contributed by atoms with E-state index in [1.807, 2.05) is 6.07 Å². The number of amidine groups is 1. The van der Waals surface area contributed by atoms with Crippen molar-refractivity contribution in [3.63, 3.8) is 0 Å². The SMILES string of the molecule is C1=Cc2c(c3cc(-c4ccc5c(c4)c4ccccc4n5C4=NC(c5ccccc5)NC(c5cccc(-c6ccc(-c7ccccc7)cc6)c5)=N4)ccc3n2-c2ccccc2)CC1. The Morgan fingerprint density at radius 2 is 1.02 bits per heavy atom. The highest BCUT2D eigenvalue weighted by atomic mass is 15.3. The van der Waals surface area contributed by atoms with E-state index in [-0.39, 0.29) is 6.17 Å². The van der Waals surface area contributed by atoms with E-state index in [2.05, 4.69) is 221 Å². The number of allylic oxidation sites excluding steroid dienone is 1. The molecule has 0 amide bonds. The predicted molar refractivity (Wildman–Crippen MR) is 258 cm³/mol. The summed E-state index contributed by atoms with van der Waals surface area (Å²) in [6.07, 6.45) is 6.36. The van der Waals surface area contributed by atoms with Crippen molar-refractivity contribution in [2.24, 2.45) is 9.98 Å². The maximum absolute atomic E-state index is 5.35. The molecule has 294 valence electrons. The van der Waals surface area contributed by atoms with Crippen molar-refractivity contribution in [1.82, 2.24) is 14.5 Å². The van der Waals surface area contributed by atoms with Crippen LogP contribution in [-0.4, -0.2) is 20.9 Å². The third-order valence-corrected chi connectivity index (χ3v) is 12.5. The Morgan fingerprint density at radius 1 is 0.452 bits per heavy atom. The predicted octanol–water partition coefficient (Wildman–Crippen LogP) is 13.7. The Balaban J connectivity index is 0.965. The summed E-state index contributed by atoms with van der Waals surface area (Å²) in [5.41, 5.74) is 16.4. The van der Waals surface area contributed by atoms with Crippen LogP contribution in [0.2, 0.25) is 0 Å². The molecule has 3 heterocycles. The highest BCUT2D eigenvalue weighted by Crippen LogP contribution is 2.39. The van der Waals surface area contributed by atoms with E-state index in [0.29, 0.717) is 5.96 Å². The van der Waals surface area contributed by atoms with Crippen molar-refractivity contribution < 1.29 is 0 Å². The van der Waals surface area contributed by atoms with Crippen LogP contribution < -0.4 is 5.32 Å². The van der Waals surface area contributed by atoms with Crippen LogP contribution >= 0.6 is 0 Å². The number of para-hydroxylation sites is 2. The van der Waals surface area contributed by atoms with Crippen LogP contribution in [0.5, 0.6) is 0 Å². The number of aromatic nitrogens is 2. The van der Waals surface area contributed by atoms with Crippen LogP contribution in [0.1, 0.15) is 35.0 Å². The first-order chi connectivity index (χ1) is 30.7. The molecule has 1 atom stereocenters. The molecule has 1 N–H and O–H groups in total. The van der Waals surface area contributed by atoms with E-state index >= 15 is 0 Å². The van der Waals surface area contributed by atoms with Gasteiger partial charge in [-0.15, -0.1) is 0 Å². The Hall–Kier alpha value is -8.02. The summed E-state index contributed by atoms with van der Waals surface area (Å²) in [4.78, 5) is 10.7. The van der Waals surface area contributed by atoms with E-state index < -0.39 is 0 Å². The standard InChI is InChI=1S/C57H41N5/c1-4-15-38(16-5-1)39-27-29-40(30-28-39)42-19-14-20-45(35-42)56-58-55(41-17-6-2-7-18-41)59-57(60-56)62-52-26-13-11-24-48(52)50-37-44(32-34-54(50)62)43-31-33-53-49(36-43)47-23-10-12-25-51(47)61(53)46-21-8-3-9-22-46/h1-9,11-22,24-37,55H,10,23H2,(H,58,59,60). The maximum Gasteiger partial charge on any atom is 0.234 e. The van der Waals surface area contributed by atoms with Gasteiger partial charge in [-0.25, -0.2) is 4.99 Å². The van der Waals surface area contributed by atoms with E-state index in [9.17, 15) is 0 Å². The van der Waals surface area contributed by atoms with Gasteiger partial charge in [-0.1, -0.05) is 158 Å². The molecule has 0 saturated carbocycles. The summed E-state index contributed by atoms with van der Waals surface area (Å²) in [7, 11) is 0. The lowest BCUT2D eigenvalue weighted by Crippen LogP contribution is -2.35. The molecular formula is C57H41N5. The van der Waals surface area contributed by atoms with E-state index in [4.69, 9.17) is 9.98 Å². The normalized spacial score (nSPS) is 14.7. The van der Waals surface area contributed by atoms with Gasteiger partial charge in [0.15, 0.2) is 0 Å². The summed E-state index contributed by atoms with van der Waals surface area (Å²) >= 11 is 0. The highest BCUT2D eigenvalue weighted by Gasteiger charge is 2.25. The number of fused-ring (bicyclic) bond motifs is 6. The fourth-order valence-corrected chi connectivity index (χ4v) is 9.46. The van der Waals surface area contributed by atoms with Crippen LogP contribution in [0.25, 0.3) is 77.9 Å². The van der Waals surface area contributed by atoms with Crippen molar-refractivity contribution in [2.75, 3.05) is 0 Å². The first kappa shape index (κ1) is 35.9. The minimum atomic E-state index is -0.335. The molecular weight excluding hydrogens is 755 g/mol. The minimum absolute atomic E-state index is 0.335. The van der Waals surface area contributed by atoms with Gasteiger partial charge in [0.05, 0.1) is 16.6 Å². The molecule has 0 radical (unpaired) electrons. The van der Waals surface area contributed by atoms with Gasteiger partial charge in [0.2, 0.25) is 5.96 Å². The third kappa shape index (κ3) is 6.17. The molecule has 62 heavy (non-hydrogen) atoms. The minimum Gasteiger partial charge on any atom is -0.344 e. The zero-order valence-corrected chi connectivity index (χ0v) is 34.0. The second kappa shape index (κ2) is 14.9. The smallest absolute Gasteiger partial charge is 0.234 e. The van der Waals surface area contributed by atoms with E-state index in [1.54, 1.807) is 0 Å². The van der Waals surface area contributed by atoms with Crippen molar-refractivity contribution in [3.05, 3.63) is 229 Å². The molecule has 1 aliphatic carbocycles. The molecule has 0 saturated heterocycles. The van der Waals surface area contributed by atoms with Crippen molar-refractivity contribution in [1.29, 1.82) is 0 Å².